The number of nitro groups is 1. The summed E-state index contributed by atoms with van der Waals surface area (Å²) in [6.45, 7) is 4.79. The van der Waals surface area contributed by atoms with E-state index in [1.807, 2.05) is 13.8 Å². The summed E-state index contributed by atoms with van der Waals surface area (Å²) in [5.74, 6) is 0.433. The highest BCUT2D eigenvalue weighted by molar-refractivity contribution is 6.39. The Labute approximate surface area is 104 Å². The van der Waals surface area contributed by atoms with Crippen LogP contribution >= 0.6 is 23.2 Å². The van der Waals surface area contributed by atoms with E-state index < -0.39 is 4.92 Å². The predicted octanol–water partition coefficient (Wildman–Crippen LogP) is 3.97. The molecule has 0 spiro atoms. The summed E-state index contributed by atoms with van der Waals surface area (Å²) >= 11 is 11.8. The van der Waals surface area contributed by atoms with Crippen LogP contribution in [0, 0.1) is 16.0 Å². The average molecular weight is 263 g/mol. The van der Waals surface area contributed by atoms with E-state index in [0.717, 1.165) is 0 Å². The van der Waals surface area contributed by atoms with Crippen LogP contribution in [0.3, 0.4) is 0 Å². The van der Waals surface area contributed by atoms with Gasteiger partial charge in [-0.1, -0.05) is 37.0 Å². The molecule has 0 heterocycles. The van der Waals surface area contributed by atoms with Crippen molar-refractivity contribution in [1.82, 2.24) is 0 Å². The van der Waals surface area contributed by atoms with E-state index in [4.69, 9.17) is 23.2 Å². The molecule has 0 aliphatic heterocycles. The highest BCUT2D eigenvalue weighted by Gasteiger charge is 2.14. The molecule has 0 unspecified atom stereocenters. The number of anilines is 1. The van der Waals surface area contributed by atoms with E-state index in [-0.39, 0.29) is 15.7 Å². The van der Waals surface area contributed by atoms with Gasteiger partial charge in [-0.05, 0) is 5.92 Å². The lowest BCUT2D eigenvalue weighted by atomic mass is 10.2. The first-order valence-corrected chi connectivity index (χ1v) is 5.54. The molecule has 0 atom stereocenters. The third-order valence-electron chi connectivity index (χ3n) is 1.92. The Morgan fingerprint density at radius 3 is 2.25 bits per heavy atom. The highest BCUT2D eigenvalue weighted by atomic mass is 35.5. The lowest BCUT2D eigenvalue weighted by Gasteiger charge is -2.12. The smallest absolute Gasteiger partial charge is 0.272 e. The number of non-ortho nitro benzene ring substituents is 1. The van der Waals surface area contributed by atoms with Gasteiger partial charge in [-0.2, -0.15) is 0 Å². The maximum Gasteiger partial charge on any atom is 0.272 e. The minimum absolute atomic E-state index is 0.106. The standard InChI is InChI=1S/C10H12Cl2N2O2/c1-6(2)5-13-10-8(11)3-7(14(15)16)4-9(10)12/h3-4,6,13H,5H2,1-2H3. The molecule has 6 heteroatoms. The van der Waals surface area contributed by atoms with Gasteiger partial charge in [-0.25, -0.2) is 0 Å². The minimum Gasteiger partial charge on any atom is -0.382 e. The van der Waals surface area contributed by atoms with Crippen molar-refractivity contribution in [3.05, 3.63) is 32.3 Å². The second-order valence-corrected chi connectivity index (χ2v) is 4.63. The lowest BCUT2D eigenvalue weighted by Crippen LogP contribution is -2.08. The number of hydrogen-bond donors (Lipinski definition) is 1. The largest absolute Gasteiger partial charge is 0.382 e. The van der Waals surface area contributed by atoms with E-state index in [1.165, 1.54) is 12.1 Å². The molecule has 0 aliphatic carbocycles. The monoisotopic (exact) mass is 262 g/mol. The summed E-state index contributed by atoms with van der Waals surface area (Å²) in [6.07, 6.45) is 0. The second kappa shape index (κ2) is 5.37. The molecular formula is C10H12Cl2N2O2. The number of rotatable bonds is 4. The number of benzene rings is 1. The maximum absolute atomic E-state index is 10.6. The Balaban J connectivity index is 2.98. The Morgan fingerprint density at radius 2 is 1.88 bits per heavy atom. The molecule has 0 aromatic heterocycles. The van der Waals surface area contributed by atoms with Gasteiger partial charge in [0, 0.05) is 18.7 Å². The molecule has 0 amide bonds. The molecular weight excluding hydrogens is 251 g/mol. The molecule has 16 heavy (non-hydrogen) atoms. The minimum atomic E-state index is -0.524. The van der Waals surface area contributed by atoms with Crippen molar-refractivity contribution in [2.24, 2.45) is 5.92 Å². The Bertz CT molecular complexity index is 385. The first-order valence-electron chi connectivity index (χ1n) is 4.79. The van der Waals surface area contributed by atoms with Crippen LogP contribution in [0.2, 0.25) is 10.0 Å². The van der Waals surface area contributed by atoms with Crippen LogP contribution in [0.5, 0.6) is 0 Å². The molecule has 0 bridgehead atoms. The summed E-state index contributed by atoms with van der Waals surface area (Å²) < 4.78 is 0. The third kappa shape index (κ3) is 3.25. The summed E-state index contributed by atoms with van der Waals surface area (Å²) in [7, 11) is 0. The van der Waals surface area contributed by atoms with Crippen molar-refractivity contribution in [3.8, 4) is 0 Å². The lowest BCUT2D eigenvalue weighted by molar-refractivity contribution is -0.384. The van der Waals surface area contributed by atoms with Gasteiger partial charge in [0.2, 0.25) is 0 Å². The SMILES string of the molecule is CC(C)CNc1c(Cl)cc([N+](=O)[O-])cc1Cl. The number of halogens is 2. The van der Waals surface area contributed by atoms with Crippen molar-refractivity contribution in [2.75, 3.05) is 11.9 Å². The molecule has 1 N–H and O–H groups in total. The van der Waals surface area contributed by atoms with Crippen LogP contribution < -0.4 is 5.32 Å². The Kier molecular flexibility index (Phi) is 4.38. The normalized spacial score (nSPS) is 10.6. The Hall–Kier alpha value is -1.00. The molecule has 1 aromatic carbocycles. The zero-order valence-electron chi connectivity index (χ0n) is 8.96. The van der Waals surface area contributed by atoms with E-state index in [1.54, 1.807) is 0 Å². The van der Waals surface area contributed by atoms with Crippen molar-refractivity contribution >= 4 is 34.6 Å². The van der Waals surface area contributed by atoms with Crippen LogP contribution in [0.15, 0.2) is 12.1 Å². The van der Waals surface area contributed by atoms with Gasteiger partial charge in [0.1, 0.15) is 0 Å². The predicted molar refractivity (Wildman–Crippen MR) is 66.4 cm³/mol. The van der Waals surface area contributed by atoms with Crippen LogP contribution in [0.25, 0.3) is 0 Å². The zero-order valence-corrected chi connectivity index (χ0v) is 10.5. The zero-order chi connectivity index (χ0) is 12.3. The van der Waals surface area contributed by atoms with Gasteiger partial charge in [0.15, 0.2) is 0 Å². The number of nitrogens with one attached hydrogen (secondary N) is 1. The molecule has 0 aliphatic rings. The van der Waals surface area contributed by atoms with Crippen molar-refractivity contribution in [2.45, 2.75) is 13.8 Å². The first-order chi connectivity index (χ1) is 7.41. The molecule has 1 rings (SSSR count). The van der Waals surface area contributed by atoms with Crippen LogP contribution in [-0.4, -0.2) is 11.5 Å². The van der Waals surface area contributed by atoms with Crippen LogP contribution in [-0.2, 0) is 0 Å². The number of hydrogen-bond acceptors (Lipinski definition) is 3. The van der Waals surface area contributed by atoms with Gasteiger partial charge < -0.3 is 5.32 Å². The molecule has 4 nitrogen and oxygen atoms in total. The molecule has 0 saturated carbocycles. The van der Waals surface area contributed by atoms with Crippen molar-refractivity contribution in [1.29, 1.82) is 0 Å². The summed E-state index contributed by atoms with van der Waals surface area (Å²) in [5, 5.41) is 14.1. The molecule has 88 valence electrons. The van der Waals surface area contributed by atoms with E-state index in [9.17, 15) is 10.1 Å². The fraction of sp³-hybridized carbons (Fsp3) is 0.400. The second-order valence-electron chi connectivity index (χ2n) is 3.82. The van der Waals surface area contributed by atoms with Gasteiger partial charge in [-0.15, -0.1) is 0 Å². The van der Waals surface area contributed by atoms with Gasteiger partial charge in [0.25, 0.3) is 5.69 Å². The molecule has 0 fully saturated rings. The number of nitro benzene ring substituents is 1. The van der Waals surface area contributed by atoms with Gasteiger partial charge in [-0.3, -0.25) is 10.1 Å². The van der Waals surface area contributed by atoms with Gasteiger partial charge in [0.05, 0.1) is 20.7 Å². The fourth-order valence-electron chi connectivity index (χ4n) is 1.14. The first kappa shape index (κ1) is 13.1. The average Bonchev–Trinajstić information content (AvgIpc) is 2.15. The van der Waals surface area contributed by atoms with E-state index in [2.05, 4.69) is 5.32 Å². The Morgan fingerprint density at radius 1 is 1.38 bits per heavy atom. The van der Waals surface area contributed by atoms with Crippen LogP contribution in [0.1, 0.15) is 13.8 Å². The number of nitrogens with zero attached hydrogens (tertiary/aromatic N) is 1. The van der Waals surface area contributed by atoms with E-state index >= 15 is 0 Å². The summed E-state index contributed by atoms with van der Waals surface area (Å²) in [6, 6.07) is 2.58. The highest BCUT2D eigenvalue weighted by Crippen LogP contribution is 2.34. The van der Waals surface area contributed by atoms with E-state index in [0.29, 0.717) is 18.2 Å². The maximum atomic E-state index is 10.6. The fourth-order valence-corrected chi connectivity index (χ4v) is 1.75. The van der Waals surface area contributed by atoms with Crippen LogP contribution in [0.4, 0.5) is 11.4 Å². The summed E-state index contributed by atoms with van der Waals surface area (Å²) in [4.78, 5) is 10.0. The van der Waals surface area contributed by atoms with Crippen molar-refractivity contribution in [3.63, 3.8) is 0 Å². The molecule has 0 radical (unpaired) electrons. The molecule has 0 saturated heterocycles. The topological polar surface area (TPSA) is 55.2 Å². The quantitative estimate of drug-likeness (QED) is 0.660. The summed E-state index contributed by atoms with van der Waals surface area (Å²) in [5.41, 5.74) is 0.438. The van der Waals surface area contributed by atoms with Gasteiger partial charge >= 0.3 is 0 Å². The third-order valence-corrected chi connectivity index (χ3v) is 2.52. The van der Waals surface area contributed by atoms with Crippen molar-refractivity contribution < 1.29 is 4.92 Å². The molecule has 1 aromatic rings.